The number of halogens is 1. The van der Waals surface area contributed by atoms with Crippen LogP contribution in [0.4, 0.5) is 0 Å². The Kier molecular flexibility index (Phi) is 18.5. The van der Waals surface area contributed by atoms with Crippen molar-refractivity contribution in [3.8, 4) is 0 Å². The lowest BCUT2D eigenvalue weighted by atomic mass is 10.0. The molecular weight excluding hydrogens is 340 g/mol. The van der Waals surface area contributed by atoms with Crippen LogP contribution in [0, 0.1) is 5.41 Å². The van der Waals surface area contributed by atoms with Crippen molar-refractivity contribution in [3.05, 3.63) is 29.4 Å². The van der Waals surface area contributed by atoms with Gasteiger partial charge in [0.15, 0.2) is 0 Å². The summed E-state index contributed by atoms with van der Waals surface area (Å²) in [7, 11) is 0. The summed E-state index contributed by atoms with van der Waals surface area (Å²) in [6.07, 6.45) is 25.4. The van der Waals surface area contributed by atoms with Gasteiger partial charge in [0.2, 0.25) is 0 Å². The van der Waals surface area contributed by atoms with E-state index in [9.17, 15) is 0 Å². The number of unbranched alkanes of at least 4 members (excludes halogenated alkanes) is 15. The standard InChI is InChI=1S/C23H42N2.ClH/c1-2-3-4-5-6-7-8-9-10-11-12-13-14-15-16-17-19-22-20-18-21-25-23(22)24;/h18,20-21H,2-17,19H2,1H3,(H2,24,25);1H. The van der Waals surface area contributed by atoms with Gasteiger partial charge in [-0.3, -0.25) is 5.41 Å². The second kappa shape index (κ2) is 19.0. The summed E-state index contributed by atoms with van der Waals surface area (Å²) in [5.74, 6) is 0. The molecule has 1 aromatic heterocycles. The van der Waals surface area contributed by atoms with Gasteiger partial charge >= 0.3 is 0 Å². The average Bonchev–Trinajstić information content (AvgIpc) is 2.63. The molecule has 152 valence electrons. The van der Waals surface area contributed by atoms with E-state index in [1.807, 2.05) is 12.3 Å². The number of hydrogen-bond donors (Lipinski definition) is 2. The van der Waals surface area contributed by atoms with Crippen molar-refractivity contribution in [1.82, 2.24) is 4.98 Å². The van der Waals surface area contributed by atoms with Gasteiger partial charge in [0, 0.05) is 6.20 Å². The third-order valence-electron chi connectivity index (χ3n) is 5.24. The van der Waals surface area contributed by atoms with Crippen molar-refractivity contribution in [2.75, 3.05) is 0 Å². The van der Waals surface area contributed by atoms with Crippen LogP contribution in [0.5, 0.6) is 0 Å². The van der Waals surface area contributed by atoms with Crippen LogP contribution in [-0.4, -0.2) is 4.98 Å². The van der Waals surface area contributed by atoms with Gasteiger partial charge in [-0.2, -0.15) is 0 Å². The molecule has 0 aliphatic rings. The van der Waals surface area contributed by atoms with Crippen LogP contribution in [-0.2, 0) is 6.42 Å². The van der Waals surface area contributed by atoms with Crippen molar-refractivity contribution in [2.45, 2.75) is 116 Å². The van der Waals surface area contributed by atoms with Crippen LogP contribution in [0.2, 0.25) is 0 Å². The van der Waals surface area contributed by atoms with Crippen LogP contribution in [0.3, 0.4) is 0 Å². The minimum absolute atomic E-state index is 0. The Morgan fingerprint density at radius 3 is 1.54 bits per heavy atom. The topological polar surface area (TPSA) is 39.6 Å². The first-order chi connectivity index (χ1) is 12.3. The van der Waals surface area contributed by atoms with Crippen LogP contribution >= 0.6 is 12.4 Å². The summed E-state index contributed by atoms with van der Waals surface area (Å²) < 4.78 is 0. The number of aryl methyl sites for hydroxylation is 1. The number of hydrogen-bond acceptors (Lipinski definition) is 1. The SMILES string of the molecule is CCCCCCCCCCCCCCCCCCc1ccc[nH]c1=N.Cl. The number of aromatic amines is 1. The molecule has 0 aliphatic carbocycles. The number of nitrogens with one attached hydrogen (secondary N) is 2. The summed E-state index contributed by atoms with van der Waals surface area (Å²) in [6, 6.07) is 4.07. The van der Waals surface area contributed by atoms with Crippen LogP contribution < -0.4 is 5.49 Å². The summed E-state index contributed by atoms with van der Waals surface area (Å²) >= 11 is 0. The highest BCUT2D eigenvalue weighted by Crippen LogP contribution is 2.14. The van der Waals surface area contributed by atoms with Gasteiger partial charge in [0.1, 0.15) is 5.49 Å². The molecule has 0 bridgehead atoms. The molecule has 0 saturated heterocycles. The first-order valence-electron chi connectivity index (χ1n) is 11.1. The average molecular weight is 383 g/mol. The summed E-state index contributed by atoms with van der Waals surface area (Å²) in [5, 5.41) is 7.81. The molecule has 0 fully saturated rings. The lowest BCUT2D eigenvalue weighted by Gasteiger charge is -2.04. The fraction of sp³-hybridized carbons (Fsp3) is 0.783. The Morgan fingerprint density at radius 1 is 0.692 bits per heavy atom. The van der Waals surface area contributed by atoms with E-state index in [2.05, 4.69) is 18.0 Å². The molecule has 0 spiro atoms. The molecule has 0 atom stereocenters. The number of rotatable bonds is 17. The van der Waals surface area contributed by atoms with Crippen molar-refractivity contribution in [2.24, 2.45) is 0 Å². The van der Waals surface area contributed by atoms with Crippen LogP contribution in [0.1, 0.15) is 115 Å². The normalized spacial score (nSPS) is 10.7. The first kappa shape index (κ1) is 25.2. The Morgan fingerprint density at radius 2 is 1.12 bits per heavy atom. The van der Waals surface area contributed by atoms with E-state index in [1.165, 1.54) is 103 Å². The molecule has 1 aromatic rings. The molecule has 0 aliphatic heterocycles. The quantitative estimate of drug-likeness (QED) is 0.259. The highest BCUT2D eigenvalue weighted by Gasteiger charge is 1.97. The lowest BCUT2D eigenvalue weighted by molar-refractivity contribution is 0.529. The summed E-state index contributed by atoms with van der Waals surface area (Å²) in [4.78, 5) is 2.97. The van der Waals surface area contributed by atoms with Gasteiger partial charge in [-0.05, 0) is 24.5 Å². The Labute approximate surface area is 168 Å². The Bertz CT molecular complexity index is 456. The van der Waals surface area contributed by atoms with Crippen molar-refractivity contribution >= 4 is 12.4 Å². The monoisotopic (exact) mass is 382 g/mol. The van der Waals surface area contributed by atoms with E-state index < -0.39 is 0 Å². The fourth-order valence-electron chi connectivity index (χ4n) is 3.54. The lowest BCUT2D eigenvalue weighted by Crippen LogP contribution is -2.11. The molecule has 0 radical (unpaired) electrons. The second-order valence-corrected chi connectivity index (χ2v) is 7.62. The molecule has 1 rings (SSSR count). The van der Waals surface area contributed by atoms with E-state index in [0.29, 0.717) is 5.49 Å². The molecule has 0 unspecified atom stereocenters. The maximum Gasteiger partial charge on any atom is 0.125 e. The fourth-order valence-corrected chi connectivity index (χ4v) is 3.54. The maximum atomic E-state index is 7.81. The summed E-state index contributed by atoms with van der Waals surface area (Å²) in [6.45, 7) is 2.29. The third-order valence-corrected chi connectivity index (χ3v) is 5.24. The minimum Gasteiger partial charge on any atom is -0.347 e. The molecule has 26 heavy (non-hydrogen) atoms. The molecule has 2 nitrogen and oxygen atoms in total. The smallest absolute Gasteiger partial charge is 0.125 e. The van der Waals surface area contributed by atoms with Gasteiger partial charge in [0.25, 0.3) is 0 Å². The zero-order valence-corrected chi connectivity index (χ0v) is 18.0. The molecular formula is C23H43ClN2. The maximum absolute atomic E-state index is 7.81. The Balaban J connectivity index is 0.00000625. The second-order valence-electron chi connectivity index (χ2n) is 7.62. The number of H-pyrrole nitrogens is 1. The zero-order chi connectivity index (χ0) is 18.0. The van der Waals surface area contributed by atoms with Crippen LogP contribution in [0.15, 0.2) is 18.3 Å². The Hall–Kier alpha value is -0.760. The molecule has 0 aromatic carbocycles. The zero-order valence-electron chi connectivity index (χ0n) is 17.2. The largest absolute Gasteiger partial charge is 0.347 e. The number of pyridine rings is 1. The van der Waals surface area contributed by atoms with Crippen molar-refractivity contribution in [1.29, 1.82) is 5.41 Å². The van der Waals surface area contributed by atoms with E-state index >= 15 is 0 Å². The molecule has 2 N–H and O–H groups in total. The van der Waals surface area contributed by atoms with E-state index in [1.54, 1.807) is 0 Å². The van der Waals surface area contributed by atoms with Gasteiger partial charge in [-0.25, -0.2) is 0 Å². The van der Waals surface area contributed by atoms with Crippen LogP contribution in [0.25, 0.3) is 0 Å². The van der Waals surface area contributed by atoms with E-state index in [0.717, 1.165) is 12.0 Å². The van der Waals surface area contributed by atoms with E-state index in [4.69, 9.17) is 5.41 Å². The molecule has 3 heteroatoms. The highest BCUT2D eigenvalue weighted by molar-refractivity contribution is 5.85. The molecule has 1 heterocycles. The van der Waals surface area contributed by atoms with Crippen molar-refractivity contribution in [3.63, 3.8) is 0 Å². The van der Waals surface area contributed by atoms with E-state index in [-0.39, 0.29) is 12.4 Å². The van der Waals surface area contributed by atoms with Crippen molar-refractivity contribution < 1.29 is 0 Å². The molecule has 0 saturated carbocycles. The van der Waals surface area contributed by atoms with Gasteiger partial charge in [0.05, 0.1) is 0 Å². The van der Waals surface area contributed by atoms with Gasteiger partial charge < -0.3 is 4.98 Å². The first-order valence-corrected chi connectivity index (χ1v) is 11.1. The van der Waals surface area contributed by atoms with Gasteiger partial charge in [-0.1, -0.05) is 109 Å². The minimum atomic E-state index is 0. The predicted octanol–water partition coefficient (Wildman–Crippen LogP) is 7.72. The third kappa shape index (κ3) is 14.4. The predicted molar refractivity (Wildman–Crippen MR) is 117 cm³/mol. The molecule has 0 amide bonds. The van der Waals surface area contributed by atoms with Gasteiger partial charge in [-0.15, -0.1) is 12.4 Å². The summed E-state index contributed by atoms with van der Waals surface area (Å²) in [5.41, 5.74) is 1.75. The number of aromatic nitrogens is 1. The highest BCUT2D eigenvalue weighted by atomic mass is 35.5.